The molecule has 2 aromatic rings. The lowest BCUT2D eigenvalue weighted by atomic mass is 9.96. The van der Waals surface area contributed by atoms with Gasteiger partial charge in [-0.25, -0.2) is 0 Å². The molecule has 1 aliphatic rings. The molecule has 1 aromatic heterocycles. The highest BCUT2D eigenvalue weighted by Gasteiger charge is 2.40. The molecule has 2 amide bonds. The zero-order valence-corrected chi connectivity index (χ0v) is 16.9. The van der Waals surface area contributed by atoms with Gasteiger partial charge in [0.25, 0.3) is 5.91 Å². The largest absolute Gasteiger partial charge is 0.471 e. The molecule has 0 unspecified atom stereocenters. The van der Waals surface area contributed by atoms with Crippen molar-refractivity contribution in [3.8, 4) is 0 Å². The number of rotatable bonds is 3. The molecule has 1 aromatic carbocycles. The topological polar surface area (TPSA) is 58.2 Å². The fourth-order valence-electron chi connectivity index (χ4n) is 3.39. The van der Waals surface area contributed by atoms with Crippen LogP contribution in [-0.4, -0.2) is 18.0 Å². The molecule has 0 spiro atoms. The minimum Gasteiger partial charge on any atom is -0.322 e. The van der Waals surface area contributed by atoms with Gasteiger partial charge in [-0.3, -0.25) is 9.59 Å². The predicted molar refractivity (Wildman–Crippen MR) is 104 cm³/mol. The molecule has 0 aliphatic heterocycles. The number of thiophene rings is 1. The van der Waals surface area contributed by atoms with Crippen LogP contribution in [0.25, 0.3) is 0 Å². The number of nitrogens with one attached hydrogen (secondary N) is 2. The third-order valence-corrected chi connectivity index (χ3v) is 6.04. The number of halogens is 6. The van der Waals surface area contributed by atoms with Crippen LogP contribution >= 0.6 is 11.3 Å². The van der Waals surface area contributed by atoms with Crippen molar-refractivity contribution in [3.05, 3.63) is 45.8 Å². The molecule has 168 valence electrons. The van der Waals surface area contributed by atoms with Crippen LogP contribution in [0.4, 0.5) is 37.0 Å². The Balaban J connectivity index is 1.97. The molecule has 1 heterocycles. The Morgan fingerprint density at radius 1 is 0.903 bits per heavy atom. The Hall–Kier alpha value is -2.56. The van der Waals surface area contributed by atoms with Crippen LogP contribution in [0.5, 0.6) is 0 Å². The van der Waals surface area contributed by atoms with Gasteiger partial charge in [0.15, 0.2) is 0 Å². The van der Waals surface area contributed by atoms with Crippen LogP contribution in [0.3, 0.4) is 0 Å². The van der Waals surface area contributed by atoms with E-state index in [1.165, 1.54) is 6.07 Å². The van der Waals surface area contributed by atoms with Crippen LogP contribution in [0, 0.1) is 0 Å². The van der Waals surface area contributed by atoms with E-state index in [4.69, 9.17) is 0 Å². The summed E-state index contributed by atoms with van der Waals surface area (Å²) >= 11 is 0.903. The van der Waals surface area contributed by atoms with Crippen molar-refractivity contribution >= 4 is 33.8 Å². The van der Waals surface area contributed by atoms with Crippen LogP contribution in [0.15, 0.2) is 24.3 Å². The summed E-state index contributed by atoms with van der Waals surface area (Å²) in [4.78, 5) is 25.1. The van der Waals surface area contributed by atoms with Crippen molar-refractivity contribution in [1.82, 2.24) is 0 Å². The molecule has 0 bridgehead atoms. The lowest BCUT2D eigenvalue weighted by Gasteiger charge is -2.14. The Morgan fingerprint density at radius 2 is 1.58 bits per heavy atom. The first kappa shape index (κ1) is 23.1. The summed E-state index contributed by atoms with van der Waals surface area (Å²) in [5, 5.41) is 3.84. The first-order valence-corrected chi connectivity index (χ1v) is 10.3. The molecule has 0 atom stereocenters. The van der Waals surface area contributed by atoms with Crippen molar-refractivity contribution in [2.45, 2.75) is 50.9 Å². The zero-order chi connectivity index (χ0) is 22.8. The second kappa shape index (κ2) is 8.89. The van der Waals surface area contributed by atoms with Crippen LogP contribution in [-0.2, 0) is 23.8 Å². The molecule has 0 radical (unpaired) electrons. The second-order valence-corrected chi connectivity index (χ2v) is 8.21. The van der Waals surface area contributed by atoms with E-state index in [9.17, 15) is 35.9 Å². The summed E-state index contributed by atoms with van der Waals surface area (Å²) in [5.41, 5.74) is -0.723. The highest BCUT2D eigenvalue weighted by molar-refractivity contribution is 7.17. The Bertz CT molecular complexity index is 981. The summed E-state index contributed by atoms with van der Waals surface area (Å²) in [7, 11) is 0. The Kier molecular flexibility index (Phi) is 6.63. The summed E-state index contributed by atoms with van der Waals surface area (Å²) in [6, 6.07) is 3.94. The Labute approximate surface area is 177 Å². The summed E-state index contributed by atoms with van der Waals surface area (Å²) < 4.78 is 77.1. The maximum atomic E-state index is 12.9. The van der Waals surface area contributed by atoms with E-state index in [0.717, 1.165) is 48.8 Å². The van der Waals surface area contributed by atoms with Crippen LogP contribution in [0.2, 0.25) is 0 Å². The number of benzene rings is 1. The average molecular weight is 464 g/mol. The number of alkyl halides is 6. The third kappa shape index (κ3) is 5.57. The minimum absolute atomic E-state index is 0.128. The number of aryl methyl sites for hydroxylation is 1. The van der Waals surface area contributed by atoms with E-state index >= 15 is 0 Å². The number of carbonyl (C=O) groups excluding carboxylic acids is 2. The van der Waals surface area contributed by atoms with Gasteiger partial charge in [-0.15, -0.1) is 11.3 Å². The molecular weight excluding hydrogens is 446 g/mol. The van der Waals surface area contributed by atoms with Crippen molar-refractivity contribution in [2.24, 2.45) is 0 Å². The number of hydrogen-bond acceptors (Lipinski definition) is 3. The molecule has 4 nitrogen and oxygen atoms in total. The van der Waals surface area contributed by atoms with E-state index in [1.54, 1.807) is 5.32 Å². The molecule has 0 saturated heterocycles. The Morgan fingerprint density at radius 3 is 2.23 bits per heavy atom. The number of amides is 2. The monoisotopic (exact) mass is 464 g/mol. The van der Waals surface area contributed by atoms with E-state index < -0.39 is 29.7 Å². The fraction of sp³-hybridized carbons (Fsp3) is 0.400. The predicted octanol–water partition coefficient (Wildman–Crippen LogP) is 6.18. The van der Waals surface area contributed by atoms with Crippen molar-refractivity contribution in [1.29, 1.82) is 0 Å². The van der Waals surface area contributed by atoms with Crippen molar-refractivity contribution in [3.63, 3.8) is 0 Å². The summed E-state index contributed by atoms with van der Waals surface area (Å²) in [6.45, 7) is 0. The zero-order valence-electron chi connectivity index (χ0n) is 16.0. The molecule has 31 heavy (non-hydrogen) atoms. The number of anilines is 2. The lowest BCUT2D eigenvalue weighted by molar-refractivity contribution is -0.167. The minimum atomic E-state index is -5.15. The van der Waals surface area contributed by atoms with Gasteiger partial charge in [-0.05, 0) is 49.4 Å². The first-order chi connectivity index (χ1) is 14.5. The van der Waals surface area contributed by atoms with Gasteiger partial charge in [0, 0.05) is 10.6 Å². The van der Waals surface area contributed by atoms with Gasteiger partial charge >= 0.3 is 18.3 Å². The molecule has 2 N–H and O–H groups in total. The average Bonchev–Trinajstić information content (AvgIpc) is 2.96. The van der Waals surface area contributed by atoms with Gasteiger partial charge in [0.1, 0.15) is 5.00 Å². The molecule has 0 fully saturated rings. The van der Waals surface area contributed by atoms with Crippen molar-refractivity contribution < 1.29 is 35.9 Å². The van der Waals surface area contributed by atoms with E-state index in [0.29, 0.717) is 29.7 Å². The molecular formula is C20H18F6N2O2S. The quantitative estimate of drug-likeness (QED) is 0.533. The van der Waals surface area contributed by atoms with E-state index in [2.05, 4.69) is 5.32 Å². The molecule has 0 saturated carbocycles. The number of hydrogen-bond donors (Lipinski definition) is 2. The normalized spacial score (nSPS) is 14.9. The van der Waals surface area contributed by atoms with Gasteiger partial charge in [-0.1, -0.05) is 18.9 Å². The maximum absolute atomic E-state index is 12.9. The van der Waals surface area contributed by atoms with Crippen LogP contribution < -0.4 is 10.6 Å². The third-order valence-electron chi connectivity index (χ3n) is 4.83. The fourth-order valence-corrected chi connectivity index (χ4v) is 4.67. The van der Waals surface area contributed by atoms with Gasteiger partial charge in [0.05, 0.1) is 11.1 Å². The summed E-state index contributed by atoms with van der Waals surface area (Å²) in [5.74, 6) is -3.08. The highest BCUT2D eigenvalue weighted by atomic mass is 32.1. The maximum Gasteiger partial charge on any atom is 0.471 e. The molecule has 11 heteroatoms. The van der Waals surface area contributed by atoms with E-state index in [-0.39, 0.29) is 16.3 Å². The SMILES string of the molecule is O=C(Nc1cccc(C(F)(F)F)c1)c1c(NC(=O)C(F)(F)F)sc2c1CCCCCC2. The highest BCUT2D eigenvalue weighted by Crippen LogP contribution is 2.38. The second-order valence-electron chi connectivity index (χ2n) is 7.11. The van der Waals surface area contributed by atoms with Crippen molar-refractivity contribution in [2.75, 3.05) is 10.6 Å². The standard InChI is InChI=1S/C20H18F6N2O2S/c21-19(22,23)11-6-5-7-12(10-11)27-16(29)15-13-8-3-1-2-4-9-14(13)31-17(15)28-18(30)20(24,25)26/h5-7,10H,1-4,8-9H2,(H,27,29)(H,28,30). The van der Waals surface area contributed by atoms with E-state index in [1.807, 2.05) is 0 Å². The van der Waals surface area contributed by atoms with Gasteiger partial charge in [0.2, 0.25) is 0 Å². The molecule has 1 aliphatic carbocycles. The summed E-state index contributed by atoms with van der Waals surface area (Å²) in [6.07, 6.45) is -5.47. The first-order valence-electron chi connectivity index (χ1n) is 9.48. The number of carbonyl (C=O) groups is 2. The van der Waals surface area contributed by atoms with Gasteiger partial charge < -0.3 is 10.6 Å². The number of fused-ring (bicyclic) bond motifs is 1. The molecule has 3 rings (SSSR count). The van der Waals surface area contributed by atoms with Gasteiger partial charge in [-0.2, -0.15) is 26.3 Å². The smallest absolute Gasteiger partial charge is 0.322 e. The van der Waals surface area contributed by atoms with Crippen LogP contribution in [0.1, 0.15) is 52.0 Å². The lowest BCUT2D eigenvalue weighted by Crippen LogP contribution is -2.30.